The smallest absolute Gasteiger partial charge is 0.310 e. The lowest BCUT2D eigenvalue weighted by Gasteiger charge is -2.16. The van der Waals surface area contributed by atoms with Crippen molar-refractivity contribution in [1.29, 1.82) is 0 Å². The van der Waals surface area contributed by atoms with Gasteiger partial charge in [0.05, 0.1) is 12.2 Å². The minimum Gasteiger partial charge on any atom is -0.493 e. The highest BCUT2D eigenvalue weighted by atomic mass is 16.5. The average molecular weight is 328 g/mol. The van der Waals surface area contributed by atoms with E-state index in [4.69, 9.17) is 14.2 Å². The lowest BCUT2D eigenvalue weighted by atomic mass is 10.1. The Balaban J connectivity index is 2.24. The third-order valence-electron chi connectivity index (χ3n) is 3.76. The van der Waals surface area contributed by atoms with Crippen molar-refractivity contribution in [3.05, 3.63) is 53.1 Å². The fourth-order valence-electron chi connectivity index (χ4n) is 2.23. The molecule has 0 bridgehead atoms. The molecule has 2 rings (SSSR count). The molecule has 0 saturated carbocycles. The van der Waals surface area contributed by atoms with E-state index < -0.39 is 0 Å². The van der Waals surface area contributed by atoms with Crippen LogP contribution in [0.5, 0.6) is 17.2 Å². The van der Waals surface area contributed by atoms with Gasteiger partial charge >= 0.3 is 5.97 Å². The first-order valence-electron chi connectivity index (χ1n) is 8.20. The normalized spacial score (nSPS) is 10.3. The van der Waals surface area contributed by atoms with Crippen LogP contribution in [0.1, 0.15) is 37.0 Å². The highest BCUT2D eigenvalue weighted by molar-refractivity contribution is 5.72. The number of benzene rings is 2. The SMILES string of the molecule is CCOc1cccc(OC(=O)CC)c1COc1ccc(C)c(C)c1. The molecule has 0 N–H and O–H groups in total. The zero-order valence-electron chi connectivity index (χ0n) is 14.7. The van der Waals surface area contributed by atoms with Gasteiger partial charge in [-0.05, 0) is 56.2 Å². The number of hydrogen-bond acceptors (Lipinski definition) is 4. The van der Waals surface area contributed by atoms with Gasteiger partial charge in [-0.1, -0.05) is 19.1 Å². The van der Waals surface area contributed by atoms with E-state index in [1.807, 2.05) is 44.2 Å². The summed E-state index contributed by atoms with van der Waals surface area (Å²) < 4.78 is 17.0. The summed E-state index contributed by atoms with van der Waals surface area (Å²) in [5.41, 5.74) is 3.12. The van der Waals surface area contributed by atoms with Crippen LogP contribution in [0.15, 0.2) is 36.4 Å². The molecule has 4 nitrogen and oxygen atoms in total. The largest absolute Gasteiger partial charge is 0.493 e. The van der Waals surface area contributed by atoms with Gasteiger partial charge < -0.3 is 14.2 Å². The maximum atomic E-state index is 11.7. The van der Waals surface area contributed by atoms with Crippen LogP contribution in [-0.2, 0) is 11.4 Å². The van der Waals surface area contributed by atoms with Crippen molar-refractivity contribution >= 4 is 5.97 Å². The molecule has 0 amide bonds. The maximum absolute atomic E-state index is 11.7. The lowest BCUT2D eigenvalue weighted by Crippen LogP contribution is -2.10. The zero-order chi connectivity index (χ0) is 17.5. The van der Waals surface area contributed by atoms with E-state index in [-0.39, 0.29) is 12.6 Å². The van der Waals surface area contributed by atoms with Crippen molar-refractivity contribution < 1.29 is 19.0 Å². The molecular weight excluding hydrogens is 304 g/mol. The molecule has 0 aliphatic heterocycles. The summed E-state index contributed by atoms with van der Waals surface area (Å²) >= 11 is 0. The summed E-state index contributed by atoms with van der Waals surface area (Å²) in [6, 6.07) is 11.4. The van der Waals surface area contributed by atoms with Gasteiger partial charge in [-0.25, -0.2) is 0 Å². The molecule has 0 spiro atoms. The zero-order valence-corrected chi connectivity index (χ0v) is 14.7. The molecule has 24 heavy (non-hydrogen) atoms. The minimum absolute atomic E-state index is 0.269. The Morgan fingerprint density at radius 1 is 0.958 bits per heavy atom. The van der Waals surface area contributed by atoms with Gasteiger partial charge in [0, 0.05) is 6.42 Å². The molecule has 0 atom stereocenters. The predicted molar refractivity (Wildman–Crippen MR) is 93.8 cm³/mol. The van der Waals surface area contributed by atoms with E-state index in [2.05, 4.69) is 6.92 Å². The molecule has 0 aliphatic rings. The Labute approximate surface area is 143 Å². The van der Waals surface area contributed by atoms with Crippen molar-refractivity contribution in [1.82, 2.24) is 0 Å². The Bertz CT molecular complexity index is 707. The molecule has 0 aromatic heterocycles. The average Bonchev–Trinajstić information content (AvgIpc) is 2.57. The van der Waals surface area contributed by atoms with Crippen molar-refractivity contribution in [2.24, 2.45) is 0 Å². The topological polar surface area (TPSA) is 44.8 Å². The van der Waals surface area contributed by atoms with Crippen LogP contribution in [0.2, 0.25) is 0 Å². The third kappa shape index (κ3) is 4.51. The summed E-state index contributed by atoms with van der Waals surface area (Å²) in [6.07, 6.45) is 0.316. The second-order valence-corrected chi connectivity index (χ2v) is 5.53. The molecule has 128 valence electrons. The fraction of sp³-hybridized carbons (Fsp3) is 0.350. The molecule has 4 heteroatoms. The van der Waals surface area contributed by atoms with Crippen LogP contribution in [-0.4, -0.2) is 12.6 Å². The number of esters is 1. The molecule has 0 saturated heterocycles. The molecule has 2 aromatic carbocycles. The van der Waals surface area contributed by atoms with Crippen molar-refractivity contribution in [3.63, 3.8) is 0 Å². The van der Waals surface area contributed by atoms with Gasteiger partial charge in [0.2, 0.25) is 0 Å². The second kappa shape index (κ2) is 8.39. The number of aryl methyl sites for hydroxylation is 2. The first-order chi connectivity index (χ1) is 11.5. The molecule has 2 aromatic rings. The number of carbonyl (C=O) groups is 1. The molecule has 0 radical (unpaired) electrons. The lowest BCUT2D eigenvalue weighted by molar-refractivity contribution is -0.134. The molecular formula is C20H24O4. The van der Waals surface area contributed by atoms with Crippen LogP contribution in [0.4, 0.5) is 0 Å². The fourth-order valence-corrected chi connectivity index (χ4v) is 2.23. The van der Waals surface area contributed by atoms with Gasteiger partial charge in [0.25, 0.3) is 0 Å². The standard InChI is InChI=1S/C20H24O4/c1-5-20(21)24-19-9-7-8-18(22-6-2)17(19)13-23-16-11-10-14(3)15(4)12-16/h7-12H,5-6,13H2,1-4H3. The Morgan fingerprint density at radius 3 is 2.38 bits per heavy atom. The van der Waals surface area contributed by atoms with Crippen LogP contribution >= 0.6 is 0 Å². The van der Waals surface area contributed by atoms with E-state index in [9.17, 15) is 4.79 Å². The molecule has 0 aliphatic carbocycles. The van der Waals surface area contributed by atoms with E-state index in [1.54, 1.807) is 13.0 Å². The van der Waals surface area contributed by atoms with E-state index in [1.165, 1.54) is 11.1 Å². The van der Waals surface area contributed by atoms with Crippen molar-refractivity contribution in [2.75, 3.05) is 6.61 Å². The summed E-state index contributed by atoms with van der Waals surface area (Å²) in [7, 11) is 0. The molecule has 0 fully saturated rings. The van der Waals surface area contributed by atoms with Gasteiger partial charge in [-0.15, -0.1) is 0 Å². The van der Waals surface area contributed by atoms with E-state index in [0.717, 1.165) is 11.3 Å². The van der Waals surface area contributed by atoms with Crippen LogP contribution < -0.4 is 14.2 Å². The maximum Gasteiger partial charge on any atom is 0.310 e. The predicted octanol–water partition coefficient (Wildman–Crippen LogP) is 4.60. The van der Waals surface area contributed by atoms with Gasteiger partial charge in [-0.3, -0.25) is 4.79 Å². The second-order valence-electron chi connectivity index (χ2n) is 5.53. The van der Waals surface area contributed by atoms with Gasteiger partial charge in [0.1, 0.15) is 23.9 Å². The summed E-state index contributed by atoms with van der Waals surface area (Å²) in [5, 5.41) is 0. The number of hydrogen-bond donors (Lipinski definition) is 0. The van der Waals surface area contributed by atoms with Crippen molar-refractivity contribution in [2.45, 2.75) is 40.7 Å². The van der Waals surface area contributed by atoms with Crippen LogP contribution in [0.25, 0.3) is 0 Å². The monoisotopic (exact) mass is 328 g/mol. The summed E-state index contributed by atoms with van der Waals surface area (Å²) in [6.45, 7) is 8.59. The third-order valence-corrected chi connectivity index (χ3v) is 3.76. The summed E-state index contributed by atoms with van der Waals surface area (Å²) in [4.78, 5) is 11.7. The first-order valence-corrected chi connectivity index (χ1v) is 8.20. The Morgan fingerprint density at radius 2 is 1.71 bits per heavy atom. The highest BCUT2D eigenvalue weighted by Crippen LogP contribution is 2.30. The van der Waals surface area contributed by atoms with Gasteiger partial charge in [0.15, 0.2) is 0 Å². The van der Waals surface area contributed by atoms with E-state index in [0.29, 0.717) is 24.5 Å². The highest BCUT2D eigenvalue weighted by Gasteiger charge is 2.14. The first kappa shape index (κ1) is 17.9. The van der Waals surface area contributed by atoms with E-state index >= 15 is 0 Å². The minimum atomic E-state index is -0.281. The molecule has 0 heterocycles. The van der Waals surface area contributed by atoms with Crippen LogP contribution in [0.3, 0.4) is 0 Å². The number of carbonyl (C=O) groups excluding carboxylic acids is 1. The Hall–Kier alpha value is -2.49. The summed E-state index contributed by atoms with van der Waals surface area (Å²) in [5.74, 6) is 1.65. The quantitative estimate of drug-likeness (QED) is 0.550. The molecule has 0 unspecified atom stereocenters. The number of rotatable bonds is 7. The number of ether oxygens (including phenoxy) is 3. The van der Waals surface area contributed by atoms with Gasteiger partial charge in [-0.2, -0.15) is 0 Å². The Kier molecular flexibility index (Phi) is 6.24. The van der Waals surface area contributed by atoms with Crippen molar-refractivity contribution in [3.8, 4) is 17.2 Å². The van der Waals surface area contributed by atoms with Crippen LogP contribution in [0, 0.1) is 13.8 Å².